The lowest BCUT2D eigenvalue weighted by Crippen LogP contribution is -2.19. The lowest BCUT2D eigenvalue weighted by molar-refractivity contribution is 0.604. The molecule has 0 aliphatic rings. The highest BCUT2D eigenvalue weighted by Gasteiger charge is 1.95. The summed E-state index contributed by atoms with van der Waals surface area (Å²) in [7, 11) is 0. The Kier molecular flexibility index (Phi) is 4.15. The van der Waals surface area contributed by atoms with Crippen molar-refractivity contribution in [3.05, 3.63) is 28.4 Å². The molecule has 13 heavy (non-hydrogen) atoms. The second-order valence-corrected chi connectivity index (χ2v) is 3.75. The van der Waals surface area contributed by atoms with Crippen LogP contribution in [0.1, 0.15) is 18.5 Å². The molecule has 0 saturated carbocycles. The summed E-state index contributed by atoms with van der Waals surface area (Å²) < 4.78 is 1.65. The minimum Gasteiger partial charge on any atom is -0.299 e. The van der Waals surface area contributed by atoms with Crippen molar-refractivity contribution in [2.75, 3.05) is 5.33 Å². The second kappa shape index (κ2) is 5.17. The number of unbranched alkanes of at least 4 members (excludes halogenated alkanes) is 1. The van der Waals surface area contributed by atoms with Crippen LogP contribution in [0.2, 0.25) is 0 Å². The Labute approximate surface area is 85.9 Å². The Morgan fingerprint density at radius 3 is 2.92 bits per heavy atom. The first-order valence-electron chi connectivity index (χ1n) is 4.33. The molecule has 1 heterocycles. The van der Waals surface area contributed by atoms with Crippen LogP contribution in [-0.2, 0) is 6.54 Å². The smallest absolute Gasteiger partial charge is 0.253 e. The molecular weight excluding hydrogens is 232 g/mol. The summed E-state index contributed by atoms with van der Waals surface area (Å²) in [4.78, 5) is 15.4. The molecule has 0 spiro atoms. The van der Waals surface area contributed by atoms with Crippen LogP contribution in [0.5, 0.6) is 0 Å². The largest absolute Gasteiger partial charge is 0.299 e. The van der Waals surface area contributed by atoms with Crippen molar-refractivity contribution < 1.29 is 0 Å². The molecule has 0 atom stereocenters. The summed E-state index contributed by atoms with van der Waals surface area (Å²) in [6, 6.07) is 1.56. The molecular formula is C9H13BrN2O. The van der Waals surface area contributed by atoms with Crippen molar-refractivity contribution in [3.63, 3.8) is 0 Å². The summed E-state index contributed by atoms with van der Waals surface area (Å²) in [6.07, 6.45) is 3.71. The van der Waals surface area contributed by atoms with Crippen molar-refractivity contribution in [3.8, 4) is 0 Å². The van der Waals surface area contributed by atoms with Gasteiger partial charge in [0.15, 0.2) is 0 Å². The highest BCUT2D eigenvalue weighted by Crippen LogP contribution is 1.96. The van der Waals surface area contributed by atoms with E-state index in [-0.39, 0.29) is 5.56 Å². The van der Waals surface area contributed by atoms with Gasteiger partial charge in [-0.15, -0.1) is 0 Å². The number of hydrogen-bond acceptors (Lipinski definition) is 2. The number of aryl methyl sites for hydroxylation is 2. The van der Waals surface area contributed by atoms with E-state index in [1.54, 1.807) is 17.0 Å². The Hall–Kier alpha value is -0.640. The van der Waals surface area contributed by atoms with Gasteiger partial charge in [0.25, 0.3) is 5.56 Å². The molecule has 0 N–H and O–H groups in total. The second-order valence-electron chi connectivity index (χ2n) is 2.96. The number of alkyl halides is 1. The fourth-order valence-electron chi connectivity index (χ4n) is 1.06. The zero-order valence-corrected chi connectivity index (χ0v) is 9.25. The fraction of sp³-hybridized carbons (Fsp3) is 0.556. The maximum absolute atomic E-state index is 11.3. The summed E-state index contributed by atoms with van der Waals surface area (Å²) in [6.45, 7) is 2.59. The fourth-order valence-corrected chi connectivity index (χ4v) is 1.46. The molecule has 0 amide bonds. The van der Waals surface area contributed by atoms with Crippen molar-refractivity contribution >= 4 is 15.9 Å². The Balaban J connectivity index is 2.62. The number of halogens is 1. The molecule has 1 aromatic rings. The van der Waals surface area contributed by atoms with Crippen molar-refractivity contribution in [2.45, 2.75) is 26.3 Å². The molecule has 3 nitrogen and oxygen atoms in total. The van der Waals surface area contributed by atoms with E-state index >= 15 is 0 Å². The number of aromatic nitrogens is 2. The summed E-state index contributed by atoms with van der Waals surface area (Å²) in [5.41, 5.74) is 0.823. The average Bonchev–Trinajstić information content (AvgIpc) is 2.09. The maximum Gasteiger partial charge on any atom is 0.253 e. The van der Waals surface area contributed by atoms with E-state index in [4.69, 9.17) is 0 Å². The molecule has 72 valence electrons. The van der Waals surface area contributed by atoms with Crippen molar-refractivity contribution in [1.29, 1.82) is 0 Å². The van der Waals surface area contributed by atoms with Crippen LogP contribution < -0.4 is 5.56 Å². The van der Waals surface area contributed by atoms with E-state index in [2.05, 4.69) is 20.9 Å². The minimum absolute atomic E-state index is 0.0436. The normalized spacial score (nSPS) is 10.3. The van der Waals surface area contributed by atoms with Crippen molar-refractivity contribution in [2.24, 2.45) is 0 Å². The third-order valence-electron chi connectivity index (χ3n) is 1.80. The molecule has 0 fully saturated rings. The van der Waals surface area contributed by atoms with Gasteiger partial charge in [0.2, 0.25) is 0 Å². The predicted molar refractivity (Wildman–Crippen MR) is 56.3 cm³/mol. The van der Waals surface area contributed by atoms with E-state index in [0.29, 0.717) is 0 Å². The SMILES string of the molecule is Cc1cc(=O)n(CCCCBr)cn1. The van der Waals surface area contributed by atoms with E-state index in [1.165, 1.54) is 0 Å². The highest BCUT2D eigenvalue weighted by atomic mass is 79.9. The molecule has 4 heteroatoms. The standard InChI is InChI=1S/C9H13BrN2O/c1-8-6-9(13)12(7-11-8)5-3-2-4-10/h6-7H,2-5H2,1H3. The first kappa shape index (κ1) is 10.4. The molecule has 0 aliphatic carbocycles. The van der Waals surface area contributed by atoms with Gasteiger partial charge >= 0.3 is 0 Å². The van der Waals surface area contributed by atoms with E-state index in [9.17, 15) is 4.79 Å². The molecule has 0 unspecified atom stereocenters. The Bertz CT molecular complexity index is 322. The summed E-state index contributed by atoms with van der Waals surface area (Å²) in [5.74, 6) is 0. The molecule has 1 aromatic heterocycles. The van der Waals surface area contributed by atoms with Gasteiger partial charge in [-0.2, -0.15) is 0 Å². The van der Waals surface area contributed by atoms with Crippen LogP contribution in [0.3, 0.4) is 0 Å². The third-order valence-corrected chi connectivity index (χ3v) is 2.36. The molecule has 0 aromatic carbocycles. The highest BCUT2D eigenvalue weighted by molar-refractivity contribution is 9.09. The molecule has 0 radical (unpaired) electrons. The van der Waals surface area contributed by atoms with Gasteiger partial charge in [0, 0.05) is 23.6 Å². The first-order valence-corrected chi connectivity index (χ1v) is 5.45. The lowest BCUT2D eigenvalue weighted by atomic mass is 10.3. The van der Waals surface area contributed by atoms with Crippen LogP contribution in [-0.4, -0.2) is 14.9 Å². The van der Waals surface area contributed by atoms with Crippen LogP contribution in [0.15, 0.2) is 17.2 Å². The third kappa shape index (κ3) is 3.30. The van der Waals surface area contributed by atoms with E-state index in [1.807, 2.05) is 6.92 Å². The lowest BCUT2D eigenvalue weighted by Gasteiger charge is -2.03. The van der Waals surface area contributed by atoms with Crippen LogP contribution in [0.4, 0.5) is 0 Å². The van der Waals surface area contributed by atoms with E-state index in [0.717, 1.165) is 30.4 Å². The van der Waals surface area contributed by atoms with Crippen molar-refractivity contribution in [1.82, 2.24) is 9.55 Å². The Morgan fingerprint density at radius 2 is 2.31 bits per heavy atom. The summed E-state index contributed by atoms with van der Waals surface area (Å²) in [5, 5.41) is 0.987. The number of hydrogen-bond donors (Lipinski definition) is 0. The molecule has 0 bridgehead atoms. The van der Waals surface area contributed by atoms with Crippen LogP contribution in [0, 0.1) is 6.92 Å². The van der Waals surface area contributed by atoms with Gasteiger partial charge in [0.05, 0.1) is 6.33 Å². The predicted octanol–water partition coefficient (Wildman–Crippen LogP) is 1.73. The summed E-state index contributed by atoms with van der Waals surface area (Å²) >= 11 is 3.35. The average molecular weight is 245 g/mol. The van der Waals surface area contributed by atoms with E-state index < -0.39 is 0 Å². The van der Waals surface area contributed by atoms with Gasteiger partial charge < -0.3 is 0 Å². The Morgan fingerprint density at radius 1 is 1.54 bits per heavy atom. The monoisotopic (exact) mass is 244 g/mol. The van der Waals surface area contributed by atoms with Gasteiger partial charge in [0.1, 0.15) is 0 Å². The quantitative estimate of drug-likeness (QED) is 0.598. The van der Waals surface area contributed by atoms with Crippen LogP contribution in [0.25, 0.3) is 0 Å². The van der Waals surface area contributed by atoms with Crippen LogP contribution >= 0.6 is 15.9 Å². The van der Waals surface area contributed by atoms with Gasteiger partial charge in [-0.25, -0.2) is 4.98 Å². The topological polar surface area (TPSA) is 34.9 Å². The zero-order chi connectivity index (χ0) is 9.68. The minimum atomic E-state index is 0.0436. The molecule has 1 rings (SSSR count). The molecule has 0 saturated heterocycles. The van der Waals surface area contributed by atoms with Gasteiger partial charge in [-0.1, -0.05) is 15.9 Å². The van der Waals surface area contributed by atoms with Gasteiger partial charge in [-0.3, -0.25) is 9.36 Å². The van der Waals surface area contributed by atoms with Gasteiger partial charge in [-0.05, 0) is 19.8 Å². The maximum atomic E-state index is 11.3. The number of nitrogens with zero attached hydrogens (tertiary/aromatic N) is 2. The first-order chi connectivity index (χ1) is 6.24. The molecule has 0 aliphatic heterocycles. The zero-order valence-electron chi connectivity index (χ0n) is 7.66. The number of rotatable bonds is 4.